The lowest BCUT2D eigenvalue weighted by Gasteiger charge is -2.39. The number of fused-ring (bicyclic) bond motifs is 1. The minimum Gasteiger partial charge on any atom is -0.487 e. The number of hydrogen-bond acceptors (Lipinski definition) is 6. The third kappa shape index (κ3) is 4.85. The summed E-state index contributed by atoms with van der Waals surface area (Å²) in [6, 6.07) is 16.0. The van der Waals surface area contributed by atoms with Gasteiger partial charge in [-0.05, 0) is 51.8 Å². The topological polar surface area (TPSA) is 80.5 Å². The van der Waals surface area contributed by atoms with Crippen molar-refractivity contribution in [3.63, 3.8) is 0 Å². The molecule has 0 bridgehead atoms. The lowest BCUT2D eigenvalue weighted by Crippen LogP contribution is -2.46. The van der Waals surface area contributed by atoms with E-state index in [1.165, 1.54) is 0 Å². The number of nitrogens with one attached hydrogen (secondary N) is 1. The number of hydrogen-bond donors (Lipinski definition) is 1. The van der Waals surface area contributed by atoms with Gasteiger partial charge in [-0.3, -0.25) is 9.69 Å². The van der Waals surface area contributed by atoms with Crippen LogP contribution < -0.4 is 10.1 Å². The van der Waals surface area contributed by atoms with Gasteiger partial charge in [0.1, 0.15) is 11.4 Å². The molecule has 0 spiro atoms. The molecule has 1 aromatic heterocycles. The van der Waals surface area contributed by atoms with Crippen LogP contribution in [0.25, 0.3) is 11.4 Å². The third-order valence-electron chi connectivity index (χ3n) is 6.78. The van der Waals surface area contributed by atoms with E-state index in [2.05, 4.69) is 34.2 Å². The van der Waals surface area contributed by atoms with Gasteiger partial charge in [-0.25, -0.2) is 0 Å². The number of benzene rings is 2. The van der Waals surface area contributed by atoms with Crippen LogP contribution in [0.3, 0.4) is 0 Å². The molecule has 1 saturated heterocycles. The Morgan fingerprint density at radius 1 is 1.18 bits per heavy atom. The summed E-state index contributed by atoms with van der Waals surface area (Å²) < 4.78 is 11.7. The Bertz CT molecular complexity index is 1170. The maximum Gasteiger partial charge on any atom is 0.241 e. The van der Waals surface area contributed by atoms with E-state index in [1.54, 1.807) is 0 Å². The Morgan fingerprint density at radius 3 is 2.82 bits per heavy atom. The van der Waals surface area contributed by atoms with E-state index in [9.17, 15) is 4.79 Å². The van der Waals surface area contributed by atoms with Gasteiger partial charge in [-0.15, -0.1) is 0 Å². The van der Waals surface area contributed by atoms with Crippen molar-refractivity contribution in [2.45, 2.75) is 58.2 Å². The fourth-order valence-corrected chi connectivity index (χ4v) is 5.08. The highest BCUT2D eigenvalue weighted by atomic mass is 16.5. The molecule has 1 fully saturated rings. The van der Waals surface area contributed by atoms with Crippen molar-refractivity contribution in [3.05, 3.63) is 65.5 Å². The summed E-state index contributed by atoms with van der Waals surface area (Å²) in [5, 5.41) is 7.49. The van der Waals surface area contributed by atoms with Crippen LogP contribution in [-0.4, -0.2) is 39.6 Å². The molecule has 2 aliphatic rings. The smallest absolute Gasteiger partial charge is 0.241 e. The largest absolute Gasteiger partial charge is 0.487 e. The minimum absolute atomic E-state index is 0.0459. The quantitative estimate of drug-likeness (QED) is 0.596. The van der Waals surface area contributed by atoms with Crippen molar-refractivity contribution in [3.8, 4) is 17.1 Å². The van der Waals surface area contributed by atoms with Crippen LogP contribution in [-0.2, 0) is 11.3 Å². The van der Waals surface area contributed by atoms with E-state index in [0.29, 0.717) is 24.8 Å². The molecule has 2 unspecified atom stereocenters. The number of rotatable bonds is 5. The van der Waals surface area contributed by atoms with E-state index >= 15 is 0 Å². The Hall–Kier alpha value is -3.19. The predicted molar refractivity (Wildman–Crippen MR) is 129 cm³/mol. The molecule has 178 valence electrons. The second-order valence-corrected chi connectivity index (χ2v) is 10.1. The first kappa shape index (κ1) is 22.6. The molecule has 0 aliphatic carbocycles. The van der Waals surface area contributed by atoms with Crippen molar-refractivity contribution in [1.82, 2.24) is 20.4 Å². The van der Waals surface area contributed by atoms with Gasteiger partial charge in [-0.1, -0.05) is 47.6 Å². The summed E-state index contributed by atoms with van der Waals surface area (Å²) in [6.07, 6.45) is 2.59. The van der Waals surface area contributed by atoms with Crippen LogP contribution in [0.5, 0.6) is 5.75 Å². The van der Waals surface area contributed by atoms with Gasteiger partial charge in [-0.2, -0.15) is 4.98 Å². The molecule has 1 amide bonds. The van der Waals surface area contributed by atoms with Gasteiger partial charge < -0.3 is 14.6 Å². The fraction of sp³-hybridized carbons (Fsp3) is 0.444. The fourth-order valence-electron chi connectivity index (χ4n) is 5.08. The van der Waals surface area contributed by atoms with E-state index in [0.717, 1.165) is 48.2 Å². The van der Waals surface area contributed by atoms with Crippen molar-refractivity contribution < 1.29 is 14.1 Å². The van der Waals surface area contributed by atoms with Crippen molar-refractivity contribution in [1.29, 1.82) is 0 Å². The molecule has 3 aromatic rings. The minimum atomic E-state index is -0.322. The molecule has 34 heavy (non-hydrogen) atoms. The summed E-state index contributed by atoms with van der Waals surface area (Å²) in [7, 11) is 0. The van der Waals surface area contributed by atoms with Crippen molar-refractivity contribution >= 4 is 5.91 Å². The number of nitrogens with zero attached hydrogens (tertiary/aromatic N) is 3. The maximum atomic E-state index is 13.3. The molecular weight excluding hydrogens is 428 g/mol. The summed E-state index contributed by atoms with van der Waals surface area (Å²) in [6.45, 7) is 8.33. The summed E-state index contributed by atoms with van der Waals surface area (Å²) in [4.78, 5) is 20.1. The summed E-state index contributed by atoms with van der Waals surface area (Å²) >= 11 is 0. The second-order valence-electron chi connectivity index (χ2n) is 10.1. The highest BCUT2D eigenvalue weighted by molar-refractivity contribution is 5.79. The number of likely N-dealkylation sites (tertiary alicyclic amines) is 1. The lowest BCUT2D eigenvalue weighted by atomic mass is 9.88. The number of aromatic nitrogens is 2. The number of carbonyl (C=O) groups excluding carboxylic acids is 1. The Morgan fingerprint density at radius 2 is 1.97 bits per heavy atom. The average Bonchev–Trinajstić information content (AvgIpc) is 3.27. The molecule has 0 radical (unpaired) electrons. The number of ether oxygens (including phenoxy) is 1. The Labute approximate surface area is 200 Å². The molecule has 7 nitrogen and oxygen atoms in total. The maximum absolute atomic E-state index is 13.3. The van der Waals surface area contributed by atoms with Crippen LogP contribution in [0.1, 0.15) is 56.2 Å². The van der Waals surface area contributed by atoms with E-state index in [1.807, 2.05) is 55.5 Å². The van der Waals surface area contributed by atoms with Gasteiger partial charge in [0.2, 0.25) is 17.6 Å². The SMILES string of the molecule is Cc1ccccc1-c1noc(CN2CCCC(C(=O)NC3CC(C)(C)Oc4ccccc43)C2)n1. The third-order valence-corrected chi connectivity index (χ3v) is 6.78. The highest BCUT2D eigenvalue weighted by Gasteiger charge is 2.36. The van der Waals surface area contributed by atoms with E-state index in [-0.39, 0.29) is 23.5 Å². The van der Waals surface area contributed by atoms with Crippen LogP contribution in [0.4, 0.5) is 0 Å². The Kier molecular flexibility index (Phi) is 6.13. The second kappa shape index (κ2) is 9.22. The first-order valence-electron chi connectivity index (χ1n) is 12.1. The number of para-hydroxylation sites is 1. The number of aryl methyl sites for hydroxylation is 1. The Balaban J connectivity index is 1.23. The van der Waals surface area contributed by atoms with E-state index in [4.69, 9.17) is 9.26 Å². The van der Waals surface area contributed by atoms with Crippen molar-refractivity contribution in [2.24, 2.45) is 5.92 Å². The van der Waals surface area contributed by atoms with Crippen LogP contribution in [0, 0.1) is 12.8 Å². The van der Waals surface area contributed by atoms with Crippen LogP contribution in [0.15, 0.2) is 53.1 Å². The number of piperidine rings is 1. The monoisotopic (exact) mass is 460 g/mol. The zero-order valence-electron chi connectivity index (χ0n) is 20.1. The van der Waals surface area contributed by atoms with Gasteiger partial charge in [0.05, 0.1) is 18.5 Å². The highest BCUT2D eigenvalue weighted by Crippen LogP contribution is 2.39. The van der Waals surface area contributed by atoms with Crippen LogP contribution >= 0.6 is 0 Å². The first-order valence-corrected chi connectivity index (χ1v) is 12.1. The van der Waals surface area contributed by atoms with E-state index < -0.39 is 0 Å². The molecule has 3 heterocycles. The van der Waals surface area contributed by atoms with Gasteiger partial charge >= 0.3 is 0 Å². The molecule has 2 atom stereocenters. The molecule has 5 rings (SSSR count). The zero-order valence-corrected chi connectivity index (χ0v) is 20.1. The average molecular weight is 461 g/mol. The molecule has 0 saturated carbocycles. The molecule has 1 N–H and O–H groups in total. The normalized spacial score (nSPS) is 22.0. The van der Waals surface area contributed by atoms with Crippen molar-refractivity contribution in [2.75, 3.05) is 13.1 Å². The summed E-state index contributed by atoms with van der Waals surface area (Å²) in [5.41, 5.74) is 2.82. The lowest BCUT2D eigenvalue weighted by molar-refractivity contribution is -0.128. The first-order chi connectivity index (χ1) is 16.4. The standard InChI is InChI=1S/C27H32N4O3/c1-18-9-4-5-11-20(18)25-29-24(34-30-25)17-31-14-8-10-19(16-31)26(32)28-22-15-27(2,3)33-23-13-7-6-12-21(22)23/h4-7,9,11-13,19,22H,8,10,14-17H2,1-3H3,(H,28,32). The predicted octanol–water partition coefficient (Wildman–Crippen LogP) is 4.68. The van der Waals surface area contributed by atoms with Gasteiger partial charge in [0.25, 0.3) is 0 Å². The van der Waals surface area contributed by atoms with Gasteiger partial charge in [0.15, 0.2) is 0 Å². The number of carbonyl (C=O) groups is 1. The molecule has 7 heteroatoms. The molecule has 2 aliphatic heterocycles. The number of amides is 1. The summed E-state index contributed by atoms with van der Waals surface area (Å²) in [5.74, 6) is 2.09. The van der Waals surface area contributed by atoms with Gasteiger partial charge in [0, 0.05) is 24.1 Å². The van der Waals surface area contributed by atoms with Crippen LogP contribution in [0.2, 0.25) is 0 Å². The molecule has 2 aromatic carbocycles. The molecular formula is C27H32N4O3. The zero-order chi connectivity index (χ0) is 23.7.